The van der Waals surface area contributed by atoms with Crippen molar-refractivity contribution in [3.8, 4) is 6.01 Å². The highest BCUT2D eigenvalue weighted by molar-refractivity contribution is 7.86. The molecule has 4 aromatic rings. The number of urea groups is 1. The van der Waals surface area contributed by atoms with Crippen molar-refractivity contribution in [2.75, 3.05) is 65.0 Å². The molecule has 2 aromatic carbocycles. The first-order valence-electron chi connectivity index (χ1n) is 19.1. The van der Waals surface area contributed by atoms with Crippen molar-refractivity contribution in [2.24, 2.45) is 11.3 Å². The van der Waals surface area contributed by atoms with Crippen molar-refractivity contribution in [3.05, 3.63) is 89.5 Å². The van der Waals surface area contributed by atoms with Crippen molar-refractivity contribution in [1.82, 2.24) is 23.4 Å². The molecule has 2 aliphatic heterocycles. The highest BCUT2D eigenvalue weighted by Gasteiger charge is 2.55. The minimum atomic E-state index is -3.41. The summed E-state index contributed by atoms with van der Waals surface area (Å²) in [6, 6.07) is 8.94. The van der Waals surface area contributed by atoms with Gasteiger partial charge in [0.1, 0.15) is 17.8 Å². The third-order valence-electron chi connectivity index (χ3n) is 11.0. The molecule has 7 rings (SSSR count). The number of ether oxygens (including phenoxy) is 2. The van der Waals surface area contributed by atoms with Crippen molar-refractivity contribution in [2.45, 2.75) is 51.2 Å². The first-order valence-corrected chi connectivity index (χ1v) is 20.5. The highest BCUT2D eigenvalue weighted by Crippen LogP contribution is 2.53. The molecule has 0 atom stereocenters. The fraction of sp³-hybridized carbons (Fsp3) is 0.462. The van der Waals surface area contributed by atoms with E-state index in [4.69, 9.17) is 18.3 Å². The third-order valence-corrected chi connectivity index (χ3v) is 12.8. The second-order valence-electron chi connectivity index (χ2n) is 15.8. The zero-order valence-corrected chi connectivity index (χ0v) is 34.0. The zero-order valence-electron chi connectivity index (χ0n) is 33.2. The van der Waals surface area contributed by atoms with Crippen molar-refractivity contribution in [1.29, 1.82) is 0 Å². The Kier molecular flexibility index (Phi) is 11.9. The molecule has 1 saturated carbocycles. The van der Waals surface area contributed by atoms with Gasteiger partial charge in [-0.3, -0.25) is 10.6 Å². The number of hydrogen-bond donors (Lipinski definition) is 2. The number of anilines is 2. The minimum absolute atomic E-state index is 0.0219. The largest absolute Gasteiger partial charge is 0.511 e. The van der Waals surface area contributed by atoms with E-state index in [1.165, 1.54) is 63.1 Å². The van der Waals surface area contributed by atoms with E-state index in [0.29, 0.717) is 56.6 Å². The third kappa shape index (κ3) is 9.49. The van der Waals surface area contributed by atoms with Crippen LogP contribution >= 0.6 is 0 Å². The molecule has 0 radical (unpaired) electrons. The summed E-state index contributed by atoms with van der Waals surface area (Å²) in [6.07, 6.45) is 5.90. The van der Waals surface area contributed by atoms with Crippen LogP contribution in [0, 0.1) is 23.0 Å². The van der Waals surface area contributed by atoms with Crippen LogP contribution in [0.3, 0.4) is 0 Å². The summed E-state index contributed by atoms with van der Waals surface area (Å²) >= 11 is 0. The number of oxazole rings is 2. The summed E-state index contributed by atoms with van der Waals surface area (Å²) in [6.45, 7) is 1.51. The van der Waals surface area contributed by atoms with Crippen LogP contribution in [0.1, 0.15) is 54.2 Å². The van der Waals surface area contributed by atoms with Gasteiger partial charge < -0.3 is 28.1 Å². The maximum Gasteiger partial charge on any atom is 0.511 e. The molecule has 2 aromatic heterocycles. The number of carbonyl (C=O) groups excluding carboxylic acids is 3. The van der Waals surface area contributed by atoms with Crippen LogP contribution in [0.15, 0.2) is 64.0 Å². The summed E-state index contributed by atoms with van der Waals surface area (Å²) in [7, 11) is 3.01. The number of hydrogen-bond acceptors (Lipinski definition) is 10. The molecule has 20 heteroatoms. The number of nitrogens with zero attached hydrogens (tertiary/aromatic N) is 6. The van der Waals surface area contributed by atoms with Crippen LogP contribution < -0.4 is 15.2 Å². The van der Waals surface area contributed by atoms with Crippen molar-refractivity contribution < 1.29 is 54.5 Å². The van der Waals surface area contributed by atoms with E-state index in [1.807, 2.05) is 0 Å². The lowest BCUT2D eigenvalue weighted by Crippen LogP contribution is -2.65. The average molecular weight is 842 g/mol. The lowest BCUT2D eigenvalue weighted by molar-refractivity contribution is -0.616. The van der Waals surface area contributed by atoms with Gasteiger partial charge in [-0.2, -0.15) is 17.0 Å². The summed E-state index contributed by atoms with van der Waals surface area (Å²) in [5.41, 5.74) is 1.47. The number of carbonyl (C=O) groups is 3. The quantitative estimate of drug-likeness (QED) is 0.179. The van der Waals surface area contributed by atoms with Gasteiger partial charge in [-0.1, -0.05) is 12.1 Å². The second-order valence-corrected chi connectivity index (χ2v) is 17.9. The van der Waals surface area contributed by atoms with Gasteiger partial charge in [0, 0.05) is 65.7 Å². The molecule has 1 aliphatic carbocycles. The number of benzene rings is 2. The second kappa shape index (κ2) is 16.9. The van der Waals surface area contributed by atoms with Gasteiger partial charge in [0.05, 0.1) is 0 Å². The molecule has 3 fully saturated rings. The van der Waals surface area contributed by atoms with Gasteiger partial charge in [-0.05, 0) is 89.7 Å². The van der Waals surface area contributed by atoms with Crippen LogP contribution in [0.4, 0.5) is 34.5 Å². The number of aromatic nitrogens is 2. The standard InChI is InChI=1S/C39H46F2N8O9S/c1-45(2)38(52)47-11-9-26(10-12-47)32-8-7-29(15-34(32)41)44-36(50)55-20-30-18-42-35(58-30)48-19-31(57-24-48)21-56-37(51)43-28-6-5-27(33(40)14-28)13-25-16-39(17-25)22-49(23-39)59(53,54)46(3)4/h5-8,14-15,18-19,24-26H,9-13,16-17,20-23H2,1-4H3,(H-,43,44,50,51)/p+1. The summed E-state index contributed by atoms with van der Waals surface area (Å²) in [4.78, 5) is 44.6. The predicted octanol–water partition coefficient (Wildman–Crippen LogP) is 5.24. The number of rotatable bonds is 12. The average Bonchev–Trinajstić information content (AvgIpc) is 3.84. The molecule has 17 nitrogen and oxygen atoms in total. The lowest BCUT2D eigenvalue weighted by Gasteiger charge is -2.58. The van der Waals surface area contributed by atoms with E-state index < -0.39 is 34.0 Å². The Labute approximate surface area is 340 Å². The Hall–Kier alpha value is -5.60. The van der Waals surface area contributed by atoms with E-state index in [9.17, 15) is 27.2 Å². The first kappa shape index (κ1) is 41.6. The molecule has 3 aliphatic rings. The van der Waals surface area contributed by atoms with E-state index >= 15 is 4.39 Å². The highest BCUT2D eigenvalue weighted by atomic mass is 32.2. The summed E-state index contributed by atoms with van der Waals surface area (Å²) in [5, 5.41) is 5.01. The summed E-state index contributed by atoms with van der Waals surface area (Å²) < 4.78 is 80.2. The Morgan fingerprint density at radius 1 is 0.932 bits per heavy atom. The van der Waals surface area contributed by atoms with Gasteiger partial charge >= 0.3 is 24.2 Å². The molecule has 4 amide bonds. The molecular formula is C39H47F2N8O9S+. The van der Waals surface area contributed by atoms with Crippen LogP contribution in [0.5, 0.6) is 0 Å². The Bertz CT molecular complexity index is 2300. The molecule has 2 N–H and O–H groups in total. The number of amides is 4. The zero-order chi connectivity index (χ0) is 42.1. The van der Waals surface area contributed by atoms with E-state index in [2.05, 4.69) is 15.6 Å². The van der Waals surface area contributed by atoms with Crippen molar-refractivity contribution >= 4 is 39.8 Å². The molecule has 1 spiro atoms. The van der Waals surface area contributed by atoms with Gasteiger partial charge in [0.2, 0.25) is 0 Å². The topological polar surface area (TPSA) is 184 Å². The molecule has 0 bridgehead atoms. The van der Waals surface area contributed by atoms with Gasteiger partial charge in [0.25, 0.3) is 16.6 Å². The predicted molar refractivity (Wildman–Crippen MR) is 206 cm³/mol. The van der Waals surface area contributed by atoms with E-state index in [1.54, 1.807) is 43.3 Å². The smallest absolute Gasteiger partial charge is 0.441 e. The normalized spacial score (nSPS) is 17.0. The number of likely N-dealkylation sites (tertiary alicyclic amines) is 1. The molecule has 2 saturated heterocycles. The summed E-state index contributed by atoms with van der Waals surface area (Å²) in [5.74, 6) is -0.249. The van der Waals surface area contributed by atoms with Gasteiger partial charge in [-0.25, -0.2) is 23.2 Å². The Morgan fingerprint density at radius 2 is 1.56 bits per heavy atom. The molecule has 59 heavy (non-hydrogen) atoms. The van der Waals surface area contributed by atoms with E-state index in [0.717, 1.165) is 12.8 Å². The van der Waals surface area contributed by atoms with Gasteiger partial charge in [0.15, 0.2) is 30.9 Å². The Morgan fingerprint density at radius 3 is 2.17 bits per heavy atom. The van der Waals surface area contributed by atoms with Gasteiger partial charge in [-0.15, -0.1) is 4.57 Å². The van der Waals surface area contributed by atoms with Crippen LogP contribution in [-0.2, 0) is 39.3 Å². The lowest BCUT2D eigenvalue weighted by atomic mass is 9.57. The maximum absolute atomic E-state index is 15.0. The number of piperidine rings is 1. The fourth-order valence-electron chi connectivity index (χ4n) is 7.94. The molecule has 4 heterocycles. The van der Waals surface area contributed by atoms with Crippen LogP contribution in [0.25, 0.3) is 6.01 Å². The van der Waals surface area contributed by atoms with Crippen LogP contribution in [-0.4, -0.2) is 104 Å². The first-order chi connectivity index (χ1) is 28.1. The minimum Gasteiger partial charge on any atom is -0.441 e. The number of halogens is 2. The molecule has 316 valence electrons. The molecule has 0 unspecified atom stereocenters. The van der Waals surface area contributed by atoms with Crippen LogP contribution in [0.2, 0.25) is 0 Å². The fourth-order valence-corrected chi connectivity index (χ4v) is 9.28. The van der Waals surface area contributed by atoms with Crippen molar-refractivity contribution in [3.63, 3.8) is 0 Å². The maximum atomic E-state index is 15.0. The Balaban J connectivity index is 0.811. The molecular weight excluding hydrogens is 795 g/mol. The SMILES string of the molecule is CN(C)C(=O)N1CCC(c2ccc(NC(=O)OCc3cnc(-[n+]4coc(COC(=O)Nc5ccc(CC6CC7(C6)CN(S(=O)(=O)N(C)C)C7)c(F)c5)c4)o3)cc2F)CC1. The monoisotopic (exact) mass is 841 g/mol. The van der Waals surface area contributed by atoms with E-state index in [-0.39, 0.29) is 65.4 Å². The number of nitrogens with one attached hydrogen (secondary N) is 2.